The Morgan fingerprint density at radius 1 is 0.333 bits per heavy atom. The zero-order chi connectivity index (χ0) is 37.1. The Balaban J connectivity index is -0.0000000390. The van der Waals surface area contributed by atoms with Gasteiger partial charge in [0, 0.05) is 28.4 Å². The topological polar surface area (TPSA) is 497 Å². The van der Waals surface area contributed by atoms with Crippen molar-refractivity contribution in [1.29, 1.82) is 0 Å². The van der Waals surface area contributed by atoms with E-state index in [2.05, 4.69) is 18.1 Å². The Morgan fingerprint density at radius 3 is 0.438 bits per heavy atom. The van der Waals surface area contributed by atoms with Gasteiger partial charge in [-0.15, -0.1) is 0 Å². The van der Waals surface area contributed by atoms with E-state index in [-0.39, 0.29) is 124 Å². The fourth-order valence-corrected chi connectivity index (χ4v) is 9.11. The van der Waals surface area contributed by atoms with Crippen molar-refractivity contribution < 1.29 is 258 Å². The molecule has 0 saturated heterocycles. The molecule has 0 saturated carbocycles. The molecule has 16 N–H and O–H groups in total. The van der Waals surface area contributed by atoms with Crippen molar-refractivity contribution in [3.63, 3.8) is 0 Å². The maximum Gasteiger partial charge on any atom is 1.00 e. The van der Waals surface area contributed by atoms with Crippen molar-refractivity contribution in [2.24, 2.45) is 0 Å². The SMILES string of the molecule is COP(=O)(O)C(O)P(=O)(O)O.COP(=O)(O)C(O)P(=O)(O)O.COP(=O)(O)C(O)P(=O)(O)O.COP(=O)(O)C(O)P(=O)(O)O.[H-].[H-].[H-].[H-].[Na+].[Na+].[Na+].[Na+]. The number of rotatable bonds is 12. The van der Waals surface area contributed by atoms with Crippen LogP contribution >= 0.6 is 60.8 Å². The van der Waals surface area contributed by atoms with Gasteiger partial charge in [-0.25, -0.2) is 0 Å². The van der Waals surface area contributed by atoms with Gasteiger partial charge < -0.3 is 103 Å². The fraction of sp³-hybridized carbons (Fsp3) is 1.00. The molecule has 0 aromatic heterocycles. The van der Waals surface area contributed by atoms with Crippen LogP contribution in [0.5, 0.6) is 0 Å². The first-order valence-corrected chi connectivity index (χ1v) is 22.6. The van der Waals surface area contributed by atoms with E-state index in [1.807, 2.05) is 0 Å². The summed E-state index contributed by atoms with van der Waals surface area (Å²) in [6.07, 6.45) is 0. The van der Waals surface area contributed by atoms with Gasteiger partial charge in [0.15, 0.2) is 0 Å². The van der Waals surface area contributed by atoms with Gasteiger partial charge >= 0.3 is 179 Å². The second-order valence-corrected chi connectivity index (χ2v) is 23.0. The van der Waals surface area contributed by atoms with Gasteiger partial charge in [-0.3, -0.25) is 36.5 Å². The van der Waals surface area contributed by atoms with E-state index in [9.17, 15) is 36.5 Å². The van der Waals surface area contributed by atoms with E-state index < -0.39 is 83.1 Å². The van der Waals surface area contributed by atoms with Crippen LogP contribution in [0, 0.1) is 0 Å². The molecule has 0 fully saturated rings. The molecule has 8 atom stereocenters. The molecule has 0 aliphatic rings. The number of hydrogen-bond acceptors (Lipinski definition) is 16. The molecule has 0 spiro atoms. The van der Waals surface area contributed by atoms with Crippen molar-refractivity contribution in [3.8, 4) is 0 Å². The molecule has 0 rings (SSSR count). The van der Waals surface area contributed by atoms with Crippen molar-refractivity contribution in [3.05, 3.63) is 0 Å². The molecule has 0 amide bonds. The Hall–Kier alpha value is 5.04. The van der Waals surface area contributed by atoms with Crippen LogP contribution in [0.4, 0.5) is 0 Å². The van der Waals surface area contributed by atoms with Gasteiger partial charge in [0.25, 0.3) is 22.3 Å². The summed E-state index contributed by atoms with van der Waals surface area (Å²) in [5, 5.41) is 34.0. The minimum atomic E-state index is -4.98. The molecular formula is C8H36Na4O28P8. The Labute approximate surface area is 365 Å². The molecule has 280 valence electrons. The molecular weight excluding hydrogens is 884 g/mol. The van der Waals surface area contributed by atoms with E-state index in [4.69, 9.17) is 79.1 Å². The third kappa shape index (κ3) is 30.2. The van der Waals surface area contributed by atoms with Crippen molar-refractivity contribution in [1.82, 2.24) is 0 Å². The summed E-state index contributed by atoms with van der Waals surface area (Å²) in [5.41, 5.74) is -10.7. The van der Waals surface area contributed by atoms with Gasteiger partial charge in [-0.1, -0.05) is 0 Å². The molecule has 0 aromatic carbocycles. The fourth-order valence-electron chi connectivity index (χ4n) is 1.14. The van der Waals surface area contributed by atoms with Gasteiger partial charge in [0.05, 0.1) is 0 Å². The third-order valence-corrected chi connectivity index (χ3v) is 17.4. The predicted molar refractivity (Wildman–Crippen MR) is 144 cm³/mol. The van der Waals surface area contributed by atoms with Crippen LogP contribution in [0.3, 0.4) is 0 Å². The van der Waals surface area contributed by atoms with E-state index in [0.29, 0.717) is 0 Å². The van der Waals surface area contributed by atoms with Gasteiger partial charge in [0.2, 0.25) is 0 Å². The molecule has 8 unspecified atom stereocenters. The molecule has 0 aliphatic carbocycles. The van der Waals surface area contributed by atoms with Crippen LogP contribution in [-0.2, 0) is 54.6 Å². The molecule has 0 bridgehead atoms. The molecule has 0 heterocycles. The molecule has 40 heteroatoms. The first-order chi connectivity index (χ1) is 18.9. The van der Waals surface area contributed by atoms with Crippen LogP contribution in [0.2, 0.25) is 0 Å². The second-order valence-electron chi connectivity index (χ2n) is 6.73. The Bertz CT molecular complexity index is 1100. The standard InChI is InChI=1S/4C2H8O7P2.4Na.4H/c4*1-9-11(7,8)2(3)10(4,5)6;;;;;;;;/h4*2-3H,1H3,(H,7,8)(H2,4,5,6);;;;;;;;/q;;;;4*+1;4*-1. The molecule has 0 aromatic rings. The third-order valence-electron chi connectivity index (χ3n) is 3.42. The average molecular weight is 920 g/mol. The maximum absolute atomic E-state index is 10.5. The molecule has 0 radical (unpaired) electrons. The van der Waals surface area contributed by atoms with Crippen LogP contribution < -0.4 is 118 Å². The molecule has 0 aliphatic heterocycles. The van der Waals surface area contributed by atoms with Crippen LogP contribution in [0.1, 0.15) is 5.71 Å². The summed E-state index contributed by atoms with van der Waals surface area (Å²) >= 11 is 0. The van der Waals surface area contributed by atoms with Crippen LogP contribution in [-0.4, -0.2) is 130 Å². The van der Waals surface area contributed by atoms with E-state index >= 15 is 0 Å². The van der Waals surface area contributed by atoms with Gasteiger partial charge in [0.1, 0.15) is 0 Å². The van der Waals surface area contributed by atoms with E-state index in [1.165, 1.54) is 0 Å². The number of aliphatic hydroxyl groups excluding tert-OH is 4. The number of hydrogen-bond donors (Lipinski definition) is 16. The summed E-state index contributed by atoms with van der Waals surface area (Å²) < 4.78 is 97.9. The summed E-state index contributed by atoms with van der Waals surface area (Å²) in [6, 6.07) is 0. The molecule has 48 heavy (non-hydrogen) atoms. The van der Waals surface area contributed by atoms with E-state index in [0.717, 1.165) is 28.4 Å². The zero-order valence-electron chi connectivity index (χ0n) is 29.9. The first-order valence-electron chi connectivity index (χ1n) is 9.32. The van der Waals surface area contributed by atoms with Crippen molar-refractivity contribution in [2.75, 3.05) is 28.4 Å². The van der Waals surface area contributed by atoms with Crippen LogP contribution in [0.25, 0.3) is 0 Å². The summed E-state index contributed by atoms with van der Waals surface area (Å²) in [5.74, 6) is 0. The minimum absolute atomic E-state index is 0. The molecule has 28 nitrogen and oxygen atoms in total. The average Bonchev–Trinajstić information content (AvgIpc) is 2.85. The zero-order valence-corrected chi connectivity index (χ0v) is 41.1. The monoisotopic (exact) mass is 920 g/mol. The quantitative estimate of drug-likeness (QED) is 0.0638. The normalized spacial score (nSPS) is 19.1. The largest absolute Gasteiger partial charge is 1.00 e. The predicted octanol–water partition coefficient (Wildman–Crippen LogP) is -14.4. The smallest absolute Gasteiger partial charge is 1.00 e. The van der Waals surface area contributed by atoms with E-state index in [1.54, 1.807) is 0 Å². The summed E-state index contributed by atoms with van der Waals surface area (Å²) in [6.45, 7) is 0. The minimum Gasteiger partial charge on any atom is -1.00 e. The van der Waals surface area contributed by atoms with Crippen LogP contribution in [0.15, 0.2) is 0 Å². The van der Waals surface area contributed by atoms with Crippen molar-refractivity contribution >= 4 is 60.8 Å². The number of aliphatic hydroxyl groups is 4. The second kappa shape index (κ2) is 28.4. The van der Waals surface area contributed by atoms with Gasteiger partial charge in [-0.2, -0.15) is 0 Å². The first kappa shape index (κ1) is 70.8. The van der Waals surface area contributed by atoms with Gasteiger partial charge in [-0.05, 0) is 0 Å². The Morgan fingerprint density at radius 2 is 0.417 bits per heavy atom. The summed E-state index contributed by atoms with van der Waals surface area (Å²) in [7, 11) is -35.2. The van der Waals surface area contributed by atoms with Crippen molar-refractivity contribution in [2.45, 2.75) is 22.3 Å². The Kier molecular flexibility index (Phi) is 42.0. The summed E-state index contributed by atoms with van der Waals surface area (Å²) in [4.78, 5) is 99.7. The maximum atomic E-state index is 10.5.